The molecule has 0 spiro atoms. The molecule has 0 saturated carbocycles. The Kier molecular flexibility index (Phi) is 10.4. The molecule has 2 N–H and O–H groups in total. The van der Waals surface area contributed by atoms with Gasteiger partial charge in [-0.15, -0.1) is 0 Å². The van der Waals surface area contributed by atoms with Gasteiger partial charge in [-0.25, -0.2) is 0 Å². The molecule has 1 aromatic rings. The lowest BCUT2D eigenvalue weighted by Gasteiger charge is -2.24. The van der Waals surface area contributed by atoms with Crippen molar-refractivity contribution in [3.8, 4) is 0 Å². The molecule has 1 heterocycles. The van der Waals surface area contributed by atoms with Gasteiger partial charge >= 0.3 is 5.97 Å². The second-order valence-electron chi connectivity index (χ2n) is 7.02. The van der Waals surface area contributed by atoms with Crippen LogP contribution in [0.2, 0.25) is 0 Å². The van der Waals surface area contributed by atoms with Gasteiger partial charge in [0.1, 0.15) is 0 Å². The number of hydrogen-bond acceptors (Lipinski definition) is 5. The normalized spacial score (nSPS) is 14.7. The Balaban J connectivity index is 1.63. The number of carbonyl (C=O) groups excluding carboxylic acids is 2. The van der Waals surface area contributed by atoms with Crippen molar-refractivity contribution in [2.24, 2.45) is 0 Å². The first-order chi connectivity index (χ1) is 14.1. The van der Waals surface area contributed by atoms with E-state index < -0.39 is 0 Å². The summed E-state index contributed by atoms with van der Waals surface area (Å²) in [5.41, 5.74) is 1.10. The number of hydrogen-bond donors (Lipinski definition) is 2. The summed E-state index contributed by atoms with van der Waals surface area (Å²) in [5.74, 6) is -0.127. The van der Waals surface area contributed by atoms with E-state index >= 15 is 0 Å². The molecule has 0 unspecified atom stereocenters. The van der Waals surface area contributed by atoms with Crippen molar-refractivity contribution in [1.82, 2.24) is 20.4 Å². The molecule has 8 heteroatoms. The predicted octanol–water partition coefficient (Wildman–Crippen LogP) is 1.53. The van der Waals surface area contributed by atoms with E-state index in [-0.39, 0.29) is 11.9 Å². The second-order valence-corrected chi connectivity index (χ2v) is 7.41. The van der Waals surface area contributed by atoms with E-state index in [1.54, 1.807) is 6.92 Å². The molecular weight excluding hydrogens is 388 g/mol. The van der Waals surface area contributed by atoms with Crippen LogP contribution in [-0.4, -0.2) is 72.7 Å². The lowest BCUT2D eigenvalue weighted by molar-refractivity contribution is -0.143. The van der Waals surface area contributed by atoms with Crippen LogP contribution in [0, 0.1) is 0 Å². The van der Waals surface area contributed by atoms with Crippen LogP contribution in [-0.2, 0) is 20.9 Å². The summed E-state index contributed by atoms with van der Waals surface area (Å²) in [6.07, 6.45) is 2.05. The van der Waals surface area contributed by atoms with Gasteiger partial charge in [-0.3, -0.25) is 14.5 Å². The van der Waals surface area contributed by atoms with Gasteiger partial charge in [0.25, 0.3) is 0 Å². The number of nitrogens with one attached hydrogen (secondary N) is 2. The second kappa shape index (κ2) is 13.1. The Morgan fingerprint density at radius 3 is 2.66 bits per heavy atom. The maximum absolute atomic E-state index is 12.2. The molecule has 0 aliphatic carbocycles. The fourth-order valence-electron chi connectivity index (χ4n) is 3.16. The number of esters is 1. The standard InChI is InChI=1S/C21H32N4O3S/c1-2-28-20(27)10-6-11-22-21(29)25-13-7-12-24(14-15-25)17-19(26)23-16-18-8-4-3-5-9-18/h3-5,8-9H,2,6-7,10-17H2,1H3,(H,22,29)(H,23,26). The lowest BCUT2D eigenvalue weighted by atomic mass is 10.2. The third-order valence-corrected chi connectivity index (χ3v) is 5.12. The highest BCUT2D eigenvalue weighted by atomic mass is 32.1. The van der Waals surface area contributed by atoms with Crippen LogP contribution in [0.1, 0.15) is 31.7 Å². The smallest absolute Gasteiger partial charge is 0.305 e. The molecule has 1 amide bonds. The third-order valence-electron chi connectivity index (χ3n) is 4.71. The first-order valence-electron chi connectivity index (χ1n) is 10.3. The number of rotatable bonds is 9. The molecule has 7 nitrogen and oxygen atoms in total. The van der Waals surface area contributed by atoms with E-state index in [4.69, 9.17) is 17.0 Å². The van der Waals surface area contributed by atoms with Gasteiger partial charge in [0.05, 0.1) is 13.2 Å². The zero-order valence-electron chi connectivity index (χ0n) is 17.2. The molecule has 1 saturated heterocycles. The molecule has 1 aromatic carbocycles. The van der Waals surface area contributed by atoms with Gasteiger partial charge in [-0.05, 0) is 37.5 Å². The van der Waals surface area contributed by atoms with Crippen molar-refractivity contribution in [3.05, 3.63) is 35.9 Å². The SMILES string of the molecule is CCOC(=O)CCCNC(=S)N1CCCN(CC(=O)NCc2ccccc2)CC1. The average molecular weight is 421 g/mol. The fourth-order valence-corrected chi connectivity index (χ4v) is 3.45. The molecule has 0 bridgehead atoms. The van der Waals surface area contributed by atoms with Crippen LogP contribution in [0.5, 0.6) is 0 Å². The van der Waals surface area contributed by atoms with Crippen molar-refractivity contribution >= 4 is 29.2 Å². The van der Waals surface area contributed by atoms with Crippen molar-refractivity contribution in [2.45, 2.75) is 32.7 Å². The minimum absolute atomic E-state index is 0.0435. The minimum Gasteiger partial charge on any atom is -0.466 e. The van der Waals surface area contributed by atoms with Crippen LogP contribution in [0.4, 0.5) is 0 Å². The van der Waals surface area contributed by atoms with Crippen LogP contribution in [0.15, 0.2) is 30.3 Å². The quantitative estimate of drug-likeness (QED) is 0.357. The van der Waals surface area contributed by atoms with Crippen LogP contribution >= 0.6 is 12.2 Å². The number of benzene rings is 1. The fraction of sp³-hybridized carbons (Fsp3) is 0.571. The highest BCUT2D eigenvalue weighted by Gasteiger charge is 2.18. The lowest BCUT2D eigenvalue weighted by Crippen LogP contribution is -2.43. The summed E-state index contributed by atoms with van der Waals surface area (Å²) in [6.45, 7) is 7.16. The van der Waals surface area contributed by atoms with E-state index in [1.807, 2.05) is 30.3 Å². The summed E-state index contributed by atoms with van der Waals surface area (Å²) < 4.78 is 4.92. The largest absolute Gasteiger partial charge is 0.466 e. The molecule has 160 valence electrons. The van der Waals surface area contributed by atoms with E-state index in [2.05, 4.69) is 20.4 Å². The highest BCUT2D eigenvalue weighted by molar-refractivity contribution is 7.80. The summed E-state index contributed by atoms with van der Waals surface area (Å²) >= 11 is 5.49. The monoisotopic (exact) mass is 420 g/mol. The molecule has 0 radical (unpaired) electrons. The zero-order chi connectivity index (χ0) is 20.9. The Labute approximate surface area is 178 Å². The summed E-state index contributed by atoms with van der Waals surface area (Å²) in [5, 5.41) is 6.92. The van der Waals surface area contributed by atoms with Gasteiger partial charge < -0.3 is 20.3 Å². The Morgan fingerprint density at radius 1 is 1.10 bits per heavy atom. The molecule has 0 atom stereocenters. The predicted molar refractivity (Wildman–Crippen MR) is 117 cm³/mol. The number of ether oxygens (including phenoxy) is 1. The number of carbonyl (C=O) groups is 2. The first kappa shape index (κ1) is 23.1. The maximum atomic E-state index is 12.2. The summed E-state index contributed by atoms with van der Waals surface area (Å²) in [7, 11) is 0. The van der Waals surface area contributed by atoms with E-state index in [0.29, 0.717) is 44.2 Å². The van der Waals surface area contributed by atoms with Gasteiger partial charge in [-0.2, -0.15) is 0 Å². The molecule has 1 aliphatic rings. The van der Waals surface area contributed by atoms with Crippen LogP contribution < -0.4 is 10.6 Å². The Bertz CT molecular complexity index is 657. The zero-order valence-corrected chi connectivity index (χ0v) is 18.0. The first-order valence-corrected chi connectivity index (χ1v) is 10.7. The number of nitrogens with zero attached hydrogens (tertiary/aromatic N) is 2. The Morgan fingerprint density at radius 2 is 1.90 bits per heavy atom. The van der Waals surface area contributed by atoms with Crippen molar-refractivity contribution in [1.29, 1.82) is 0 Å². The molecule has 1 fully saturated rings. The highest BCUT2D eigenvalue weighted by Crippen LogP contribution is 2.04. The Hall–Kier alpha value is -2.19. The minimum atomic E-state index is -0.170. The van der Waals surface area contributed by atoms with E-state index in [9.17, 15) is 9.59 Å². The van der Waals surface area contributed by atoms with Crippen molar-refractivity contribution < 1.29 is 14.3 Å². The van der Waals surface area contributed by atoms with Gasteiger partial charge in [-0.1, -0.05) is 30.3 Å². The third kappa shape index (κ3) is 9.23. The summed E-state index contributed by atoms with van der Waals surface area (Å²) in [4.78, 5) is 27.9. The molecule has 2 rings (SSSR count). The molecular formula is C21H32N4O3S. The number of thiocarbonyl (C=S) groups is 1. The van der Waals surface area contributed by atoms with Crippen molar-refractivity contribution in [2.75, 3.05) is 45.9 Å². The van der Waals surface area contributed by atoms with E-state index in [0.717, 1.165) is 38.2 Å². The molecule has 1 aliphatic heterocycles. The van der Waals surface area contributed by atoms with Gasteiger partial charge in [0.2, 0.25) is 5.91 Å². The number of amides is 1. The van der Waals surface area contributed by atoms with E-state index in [1.165, 1.54) is 0 Å². The molecule has 0 aromatic heterocycles. The summed E-state index contributed by atoms with van der Waals surface area (Å²) in [6, 6.07) is 9.92. The van der Waals surface area contributed by atoms with Gasteiger partial charge in [0, 0.05) is 45.7 Å². The average Bonchev–Trinajstić information content (AvgIpc) is 2.96. The molecule has 29 heavy (non-hydrogen) atoms. The van der Waals surface area contributed by atoms with Crippen molar-refractivity contribution in [3.63, 3.8) is 0 Å². The van der Waals surface area contributed by atoms with Crippen LogP contribution in [0.25, 0.3) is 0 Å². The topological polar surface area (TPSA) is 73.9 Å². The van der Waals surface area contributed by atoms with Crippen LogP contribution in [0.3, 0.4) is 0 Å². The van der Waals surface area contributed by atoms with Gasteiger partial charge in [0.15, 0.2) is 5.11 Å². The maximum Gasteiger partial charge on any atom is 0.305 e.